The molecule has 1 amide bonds. The molecule has 0 aromatic heterocycles. The van der Waals surface area contributed by atoms with Crippen LogP contribution in [0, 0.1) is 6.92 Å². The van der Waals surface area contributed by atoms with Crippen molar-refractivity contribution >= 4 is 38.9 Å². The van der Waals surface area contributed by atoms with E-state index in [2.05, 4.69) is 21.2 Å². The van der Waals surface area contributed by atoms with E-state index >= 15 is 0 Å². The van der Waals surface area contributed by atoms with Crippen molar-refractivity contribution in [1.82, 2.24) is 0 Å². The van der Waals surface area contributed by atoms with Crippen LogP contribution >= 0.6 is 15.9 Å². The van der Waals surface area contributed by atoms with Gasteiger partial charge in [-0.3, -0.25) is 4.79 Å². The van der Waals surface area contributed by atoms with E-state index in [1.165, 1.54) is 0 Å². The third-order valence-electron chi connectivity index (χ3n) is 2.77. The summed E-state index contributed by atoms with van der Waals surface area (Å²) in [4.78, 5) is 11.4. The second-order valence-electron chi connectivity index (χ2n) is 4.23. The monoisotopic (exact) mass is 319 g/mol. The summed E-state index contributed by atoms with van der Waals surface area (Å²) < 4.78 is 0.938. The van der Waals surface area contributed by atoms with Crippen LogP contribution in [0.15, 0.2) is 40.9 Å². The lowest BCUT2D eigenvalue weighted by Crippen LogP contribution is -2.13. The van der Waals surface area contributed by atoms with Crippen molar-refractivity contribution in [3.05, 3.63) is 52.0 Å². The standard InChI is InChI=1S/C14H14BrN3O/c1-8-3-2-4-11(13(8)15)18-12-7-9(16)5-6-10(12)14(17)19/h2-7,18H,16H2,1H3,(H2,17,19). The number of amides is 1. The number of rotatable bonds is 3. The summed E-state index contributed by atoms with van der Waals surface area (Å²) in [6.07, 6.45) is 0. The van der Waals surface area contributed by atoms with Crippen LogP contribution in [0.3, 0.4) is 0 Å². The van der Waals surface area contributed by atoms with Crippen molar-refractivity contribution < 1.29 is 4.79 Å². The highest BCUT2D eigenvalue weighted by molar-refractivity contribution is 9.10. The predicted molar refractivity (Wildman–Crippen MR) is 81.5 cm³/mol. The van der Waals surface area contributed by atoms with E-state index < -0.39 is 5.91 Å². The van der Waals surface area contributed by atoms with Gasteiger partial charge in [0.2, 0.25) is 0 Å². The zero-order valence-electron chi connectivity index (χ0n) is 10.4. The Morgan fingerprint density at radius 1 is 1.21 bits per heavy atom. The maximum atomic E-state index is 11.4. The molecule has 5 heteroatoms. The van der Waals surface area contributed by atoms with Gasteiger partial charge in [-0.2, -0.15) is 0 Å². The number of primary amides is 1. The molecule has 98 valence electrons. The van der Waals surface area contributed by atoms with Gasteiger partial charge in [0.15, 0.2) is 0 Å². The number of benzene rings is 2. The fraction of sp³-hybridized carbons (Fsp3) is 0.0714. The van der Waals surface area contributed by atoms with Gasteiger partial charge in [-0.05, 0) is 52.7 Å². The van der Waals surface area contributed by atoms with Crippen LogP contribution < -0.4 is 16.8 Å². The number of aryl methyl sites for hydroxylation is 1. The molecule has 0 bridgehead atoms. The SMILES string of the molecule is Cc1cccc(Nc2cc(N)ccc2C(N)=O)c1Br. The van der Waals surface area contributed by atoms with Gasteiger partial charge in [-0.1, -0.05) is 12.1 Å². The van der Waals surface area contributed by atoms with Crippen LogP contribution in [0.4, 0.5) is 17.1 Å². The number of nitrogens with one attached hydrogen (secondary N) is 1. The van der Waals surface area contributed by atoms with E-state index in [0.717, 1.165) is 15.7 Å². The molecule has 0 saturated heterocycles. The molecule has 19 heavy (non-hydrogen) atoms. The number of anilines is 3. The fourth-order valence-corrected chi connectivity index (χ4v) is 2.13. The Morgan fingerprint density at radius 2 is 1.95 bits per heavy atom. The summed E-state index contributed by atoms with van der Waals surface area (Å²) >= 11 is 3.51. The maximum absolute atomic E-state index is 11.4. The van der Waals surface area contributed by atoms with Gasteiger partial charge in [-0.15, -0.1) is 0 Å². The molecule has 0 spiro atoms. The Morgan fingerprint density at radius 3 is 2.63 bits per heavy atom. The van der Waals surface area contributed by atoms with Gasteiger partial charge in [0, 0.05) is 10.2 Å². The molecule has 5 N–H and O–H groups in total. The van der Waals surface area contributed by atoms with E-state index in [9.17, 15) is 4.79 Å². The molecule has 2 aromatic rings. The minimum atomic E-state index is -0.494. The lowest BCUT2D eigenvalue weighted by molar-refractivity contribution is 0.100. The van der Waals surface area contributed by atoms with Crippen LogP contribution in [-0.4, -0.2) is 5.91 Å². The molecule has 0 aliphatic heterocycles. The predicted octanol–water partition coefficient (Wildman–Crippen LogP) is 3.18. The second-order valence-corrected chi connectivity index (χ2v) is 5.02. The summed E-state index contributed by atoms with van der Waals surface area (Å²) in [5.41, 5.74) is 14.6. The number of carbonyl (C=O) groups excluding carboxylic acids is 1. The lowest BCUT2D eigenvalue weighted by Gasteiger charge is -2.13. The van der Waals surface area contributed by atoms with Gasteiger partial charge < -0.3 is 16.8 Å². The third-order valence-corrected chi connectivity index (χ3v) is 3.82. The summed E-state index contributed by atoms with van der Waals surface area (Å²) in [7, 11) is 0. The quantitative estimate of drug-likeness (QED) is 0.760. The molecular formula is C14H14BrN3O. The highest BCUT2D eigenvalue weighted by Crippen LogP contribution is 2.30. The smallest absolute Gasteiger partial charge is 0.250 e. The van der Waals surface area contributed by atoms with Gasteiger partial charge in [-0.25, -0.2) is 0 Å². The molecule has 0 radical (unpaired) electrons. The van der Waals surface area contributed by atoms with Crippen LogP contribution in [0.1, 0.15) is 15.9 Å². The van der Waals surface area contributed by atoms with Crippen molar-refractivity contribution in [3.8, 4) is 0 Å². The van der Waals surface area contributed by atoms with Crippen LogP contribution in [-0.2, 0) is 0 Å². The van der Waals surface area contributed by atoms with Crippen molar-refractivity contribution in [2.45, 2.75) is 6.92 Å². The Kier molecular flexibility index (Phi) is 3.76. The molecule has 0 heterocycles. The highest BCUT2D eigenvalue weighted by Gasteiger charge is 2.10. The average molecular weight is 320 g/mol. The lowest BCUT2D eigenvalue weighted by atomic mass is 10.1. The first-order chi connectivity index (χ1) is 8.99. The van der Waals surface area contributed by atoms with Crippen molar-refractivity contribution in [3.63, 3.8) is 0 Å². The molecule has 0 aliphatic carbocycles. The number of halogens is 1. The minimum Gasteiger partial charge on any atom is -0.399 e. The number of hydrogen-bond acceptors (Lipinski definition) is 3. The van der Waals surface area contributed by atoms with E-state index in [1.807, 2.05) is 25.1 Å². The Bertz CT molecular complexity index is 641. The molecule has 0 saturated carbocycles. The number of carbonyl (C=O) groups is 1. The van der Waals surface area contributed by atoms with Crippen molar-refractivity contribution in [2.75, 3.05) is 11.1 Å². The van der Waals surface area contributed by atoms with Gasteiger partial charge in [0.25, 0.3) is 5.91 Å². The molecular weight excluding hydrogens is 306 g/mol. The summed E-state index contributed by atoms with van der Waals surface area (Å²) in [6.45, 7) is 1.99. The molecule has 2 aromatic carbocycles. The zero-order chi connectivity index (χ0) is 14.0. The summed E-state index contributed by atoms with van der Waals surface area (Å²) in [5.74, 6) is -0.494. The molecule has 0 aliphatic rings. The second kappa shape index (κ2) is 5.32. The first-order valence-electron chi connectivity index (χ1n) is 5.70. The summed E-state index contributed by atoms with van der Waals surface area (Å²) in [6, 6.07) is 10.8. The highest BCUT2D eigenvalue weighted by atomic mass is 79.9. The maximum Gasteiger partial charge on any atom is 0.250 e. The Labute approximate surface area is 119 Å². The molecule has 2 rings (SSSR count). The number of hydrogen-bond donors (Lipinski definition) is 3. The first kappa shape index (κ1) is 13.4. The van der Waals surface area contributed by atoms with Crippen LogP contribution in [0.25, 0.3) is 0 Å². The first-order valence-corrected chi connectivity index (χ1v) is 6.50. The topological polar surface area (TPSA) is 81.1 Å². The Balaban J connectivity index is 2.45. The van der Waals surface area contributed by atoms with Crippen LogP contribution in [0.2, 0.25) is 0 Å². The largest absolute Gasteiger partial charge is 0.399 e. The van der Waals surface area contributed by atoms with Crippen molar-refractivity contribution in [1.29, 1.82) is 0 Å². The van der Waals surface area contributed by atoms with E-state index in [4.69, 9.17) is 11.5 Å². The minimum absolute atomic E-state index is 0.405. The van der Waals surface area contributed by atoms with E-state index in [-0.39, 0.29) is 0 Å². The number of nitrogen functional groups attached to an aromatic ring is 1. The fourth-order valence-electron chi connectivity index (χ4n) is 1.77. The Hall–Kier alpha value is -2.01. The average Bonchev–Trinajstić information content (AvgIpc) is 2.35. The summed E-state index contributed by atoms with van der Waals surface area (Å²) in [5, 5.41) is 3.18. The van der Waals surface area contributed by atoms with Gasteiger partial charge >= 0.3 is 0 Å². The third kappa shape index (κ3) is 2.88. The van der Waals surface area contributed by atoms with E-state index in [1.54, 1.807) is 18.2 Å². The zero-order valence-corrected chi connectivity index (χ0v) is 12.0. The van der Waals surface area contributed by atoms with Gasteiger partial charge in [0.1, 0.15) is 0 Å². The van der Waals surface area contributed by atoms with Gasteiger partial charge in [0.05, 0.1) is 16.9 Å². The molecule has 0 atom stereocenters. The molecule has 0 unspecified atom stereocenters. The normalized spacial score (nSPS) is 10.2. The van der Waals surface area contributed by atoms with E-state index in [0.29, 0.717) is 16.9 Å². The van der Waals surface area contributed by atoms with Crippen LogP contribution in [0.5, 0.6) is 0 Å². The number of nitrogens with two attached hydrogens (primary N) is 2. The molecule has 4 nitrogen and oxygen atoms in total. The van der Waals surface area contributed by atoms with Crippen molar-refractivity contribution in [2.24, 2.45) is 5.73 Å². The molecule has 0 fully saturated rings.